The van der Waals surface area contributed by atoms with E-state index in [-0.39, 0.29) is 0 Å². The summed E-state index contributed by atoms with van der Waals surface area (Å²) in [5.41, 5.74) is 0.489. The van der Waals surface area contributed by atoms with E-state index >= 15 is 0 Å². The summed E-state index contributed by atoms with van der Waals surface area (Å²) in [7, 11) is 0. The Morgan fingerprint density at radius 2 is 2.22 bits per heavy atom. The molecule has 0 bridgehead atoms. The highest BCUT2D eigenvalue weighted by molar-refractivity contribution is 9.10. The van der Waals surface area contributed by atoms with Crippen LogP contribution in [-0.4, -0.2) is 19.0 Å². The molecule has 0 fully saturated rings. The fourth-order valence-electron chi connectivity index (χ4n) is 1.38. The summed E-state index contributed by atoms with van der Waals surface area (Å²) < 4.78 is 11.6. The van der Waals surface area contributed by atoms with Crippen molar-refractivity contribution in [3.05, 3.63) is 22.2 Å². The Balaban J connectivity index is 3.15. The van der Waals surface area contributed by atoms with Gasteiger partial charge in [-0.1, -0.05) is 6.92 Å². The predicted octanol–water partition coefficient (Wildman–Crippen LogP) is 3.34. The molecule has 1 unspecified atom stereocenters. The number of ether oxygens (including phenoxy) is 2. The number of benzene rings is 1. The lowest BCUT2D eigenvalue weighted by molar-refractivity contribution is 0.112. The Kier molecular flexibility index (Phi) is 5.66. The quantitative estimate of drug-likeness (QED) is 0.756. The maximum atomic E-state index is 10.8. The van der Waals surface area contributed by atoms with Gasteiger partial charge in [0.15, 0.2) is 17.6 Å². The Hall–Kier alpha value is -1.54. The van der Waals surface area contributed by atoms with Crippen molar-refractivity contribution >= 4 is 22.2 Å². The van der Waals surface area contributed by atoms with Crippen LogP contribution >= 0.6 is 15.9 Å². The molecule has 5 heteroatoms. The minimum atomic E-state index is -0.539. The van der Waals surface area contributed by atoms with Gasteiger partial charge in [-0.15, -0.1) is 0 Å². The van der Waals surface area contributed by atoms with Crippen LogP contribution in [0.5, 0.6) is 11.5 Å². The number of carbonyl (C=O) groups excluding carboxylic acids is 1. The molecule has 0 aromatic heterocycles. The Morgan fingerprint density at radius 3 is 2.72 bits per heavy atom. The number of rotatable bonds is 6. The minimum absolute atomic E-state index is 0.453. The predicted molar refractivity (Wildman–Crippen MR) is 71.0 cm³/mol. The largest absolute Gasteiger partial charge is 0.490 e. The maximum Gasteiger partial charge on any atom is 0.184 e. The molecule has 1 rings (SSSR count). The lowest BCUT2D eigenvalue weighted by Crippen LogP contribution is -2.13. The third-order valence-electron chi connectivity index (χ3n) is 2.24. The van der Waals surface area contributed by atoms with E-state index in [0.29, 0.717) is 34.6 Å². The van der Waals surface area contributed by atoms with Crippen molar-refractivity contribution in [1.29, 1.82) is 5.26 Å². The molecule has 0 saturated carbocycles. The molecule has 0 aliphatic rings. The first-order chi connectivity index (χ1) is 8.65. The molecule has 0 saturated heterocycles. The zero-order chi connectivity index (χ0) is 13.5. The summed E-state index contributed by atoms with van der Waals surface area (Å²) in [5, 5.41) is 8.91. The highest BCUT2D eigenvalue weighted by Gasteiger charge is 2.16. The van der Waals surface area contributed by atoms with Crippen molar-refractivity contribution in [3.63, 3.8) is 0 Å². The second kappa shape index (κ2) is 7.02. The molecule has 0 amide bonds. The molecular weight excluding hydrogens is 298 g/mol. The summed E-state index contributed by atoms with van der Waals surface area (Å²) >= 11 is 3.32. The molecule has 96 valence electrons. The molecule has 0 N–H and O–H groups in total. The van der Waals surface area contributed by atoms with Crippen molar-refractivity contribution in [2.45, 2.75) is 26.4 Å². The molecular formula is C13H14BrNO3. The molecule has 0 heterocycles. The molecule has 1 aromatic rings. The fourth-order valence-corrected chi connectivity index (χ4v) is 1.93. The van der Waals surface area contributed by atoms with Crippen molar-refractivity contribution in [3.8, 4) is 17.6 Å². The number of hydrogen-bond donors (Lipinski definition) is 0. The van der Waals surface area contributed by atoms with E-state index in [9.17, 15) is 4.79 Å². The first-order valence-electron chi connectivity index (χ1n) is 5.64. The summed E-state index contributed by atoms with van der Waals surface area (Å²) in [6, 6.07) is 5.29. The van der Waals surface area contributed by atoms with Gasteiger partial charge in [0, 0.05) is 5.56 Å². The number of halogens is 1. The van der Waals surface area contributed by atoms with Crippen LogP contribution in [0.2, 0.25) is 0 Å². The molecule has 0 aliphatic heterocycles. The van der Waals surface area contributed by atoms with Crippen LogP contribution in [0.3, 0.4) is 0 Å². The normalized spacial score (nSPS) is 11.4. The van der Waals surface area contributed by atoms with E-state index in [0.717, 1.165) is 6.29 Å². The van der Waals surface area contributed by atoms with Gasteiger partial charge in [-0.2, -0.15) is 5.26 Å². The van der Waals surface area contributed by atoms with Crippen molar-refractivity contribution in [2.24, 2.45) is 0 Å². The summed E-state index contributed by atoms with van der Waals surface area (Å²) in [4.78, 5) is 10.8. The lowest BCUT2D eigenvalue weighted by atomic mass is 10.2. The molecule has 0 spiro atoms. The van der Waals surface area contributed by atoms with Crippen molar-refractivity contribution in [1.82, 2.24) is 0 Å². The summed E-state index contributed by atoms with van der Waals surface area (Å²) in [6.45, 7) is 4.16. The summed E-state index contributed by atoms with van der Waals surface area (Å²) in [5.74, 6) is 0.915. The van der Waals surface area contributed by atoms with Crippen LogP contribution in [0.15, 0.2) is 16.6 Å². The zero-order valence-electron chi connectivity index (χ0n) is 10.3. The Bertz CT molecular complexity index is 468. The van der Waals surface area contributed by atoms with Gasteiger partial charge in [0.25, 0.3) is 0 Å². The van der Waals surface area contributed by atoms with Crippen LogP contribution in [0.1, 0.15) is 30.6 Å². The topological polar surface area (TPSA) is 59.3 Å². The molecule has 1 atom stereocenters. The molecule has 4 nitrogen and oxygen atoms in total. The van der Waals surface area contributed by atoms with Gasteiger partial charge in [-0.3, -0.25) is 4.79 Å². The number of aldehydes is 1. The van der Waals surface area contributed by atoms with Crippen LogP contribution in [-0.2, 0) is 0 Å². The average Bonchev–Trinajstić information content (AvgIpc) is 2.38. The SMILES string of the molecule is CCOc1cc(C=O)cc(Br)c1OC(C#N)CC. The zero-order valence-corrected chi connectivity index (χ0v) is 11.9. The number of nitrogens with zero attached hydrogens (tertiary/aromatic N) is 1. The third kappa shape index (κ3) is 3.47. The standard InChI is InChI=1S/C13H14BrNO3/c1-3-10(7-15)18-13-11(14)5-9(8-16)6-12(13)17-4-2/h5-6,8,10H,3-4H2,1-2H3. The Labute approximate surface area is 115 Å². The number of nitriles is 1. The fraction of sp³-hybridized carbons (Fsp3) is 0.385. The van der Waals surface area contributed by atoms with Gasteiger partial charge in [0.1, 0.15) is 12.4 Å². The van der Waals surface area contributed by atoms with Gasteiger partial charge in [0.2, 0.25) is 0 Å². The number of carbonyl (C=O) groups is 1. The van der Waals surface area contributed by atoms with Gasteiger partial charge in [0.05, 0.1) is 11.1 Å². The maximum absolute atomic E-state index is 10.8. The van der Waals surface area contributed by atoms with Crippen LogP contribution < -0.4 is 9.47 Å². The van der Waals surface area contributed by atoms with E-state index in [1.807, 2.05) is 13.8 Å². The molecule has 0 aliphatic carbocycles. The van der Waals surface area contributed by atoms with Crippen molar-refractivity contribution < 1.29 is 14.3 Å². The van der Waals surface area contributed by atoms with E-state index < -0.39 is 6.10 Å². The van der Waals surface area contributed by atoms with E-state index in [2.05, 4.69) is 22.0 Å². The van der Waals surface area contributed by atoms with Crippen LogP contribution in [0.4, 0.5) is 0 Å². The smallest absolute Gasteiger partial charge is 0.184 e. The Morgan fingerprint density at radius 1 is 1.50 bits per heavy atom. The van der Waals surface area contributed by atoms with Gasteiger partial charge in [-0.25, -0.2) is 0 Å². The first kappa shape index (κ1) is 14.5. The van der Waals surface area contributed by atoms with Gasteiger partial charge in [-0.05, 0) is 41.4 Å². The minimum Gasteiger partial charge on any atom is -0.490 e. The van der Waals surface area contributed by atoms with E-state index in [1.54, 1.807) is 12.1 Å². The van der Waals surface area contributed by atoms with Crippen LogP contribution in [0.25, 0.3) is 0 Å². The third-order valence-corrected chi connectivity index (χ3v) is 2.83. The van der Waals surface area contributed by atoms with Crippen molar-refractivity contribution in [2.75, 3.05) is 6.61 Å². The summed E-state index contributed by atoms with van der Waals surface area (Å²) in [6.07, 6.45) is 0.769. The van der Waals surface area contributed by atoms with E-state index in [1.165, 1.54) is 0 Å². The molecule has 1 aromatic carbocycles. The van der Waals surface area contributed by atoms with Gasteiger partial charge >= 0.3 is 0 Å². The highest BCUT2D eigenvalue weighted by atomic mass is 79.9. The monoisotopic (exact) mass is 311 g/mol. The second-order valence-electron chi connectivity index (χ2n) is 3.52. The van der Waals surface area contributed by atoms with Crippen LogP contribution in [0, 0.1) is 11.3 Å². The first-order valence-corrected chi connectivity index (χ1v) is 6.43. The highest BCUT2D eigenvalue weighted by Crippen LogP contribution is 2.37. The average molecular weight is 312 g/mol. The second-order valence-corrected chi connectivity index (χ2v) is 4.38. The lowest BCUT2D eigenvalue weighted by Gasteiger charge is -2.16. The van der Waals surface area contributed by atoms with E-state index in [4.69, 9.17) is 14.7 Å². The molecule has 0 radical (unpaired) electrons. The molecule has 18 heavy (non-hydrogen) atoms. The number of hydrogen-bond acceptors (Lipinski definition) is 4. The van der Waals surface area contributed by atoms with Gasteiger partial charge < -0.3 is 9.47 Å².